The fourth-order valence-electron chi connectivity index (χ4n) is 3.15. The number of ether oxygens (including phenoxy) is 1. The van der Waals surface area contributed by atoms with Crippen LogP contribution in [0.15, 0.2) is 46.1 Å². The van der Waals surface area contributed by atoms with Crippen LogP contribution >= 0.6 is 23.5 Å². The summed E-state index contributed by atoms with van der Waals surface area (Å²) in [7, 11) is -17.0. The minimum atomic E-state index is -5.80. The first-order chi connectivity index (χ1) is 17.0. The molecule has 1 aliphatic rings. The molecule has 2 unspecified atom stereocenters. The Bertz CT molecular complexity index is 1420. The van der Waals surface area contributed by atoms with Gasteiger partial charge in [0, 0.05) is 11.8 Å². The number of nitrogens with zero attached hydrogens (tertiary/aromatic N) is 1. The lowest BCUT2D eigenvalue weighted by molar-refractivity contribution is -0.0543. The Balaban J connectivity index is 1.78. The van der Waals surface area contributed by atoms with Crippen LogP contribution in [0.2, 0.25) is 0 Å². The number of carbonyl (C=O) groups excluding carboxylic acids is 1. The fourth-order valence-corrected chi connectivity index (χ4v) is 6.18. The Kier molecular flexibility index (Phi) is 8.68. The van der Waals surface area contributed by atoms with Crippen molar-refractivity contribution in [2.45, 2.75) is 24.5 Å². The highest BCUT2D eigenvalue weighted by Crippen LogP contribution is 2.66. The van der Waals surface area contributed by atoms with Gasteiger partial charge in [0.2, 0.25) is 0 Å². The van der Waals surface area contributed by atoms with Gasteiger partial charge in [0.05, 0.1) is 6.61 Å². The highest BCUT2D eigenvalue weighted by Gasteiger charge is 2.47. The van der Waals surface area contributed by atoms with Crippen molar-refractivity contribution in [2.24, 2.45) is 0 Å². The quantitative estimate of drug-likeness (QED) is 0.126. The van der Waals surface area contributed by atoms with Crippen LogP contribution in [0.3, 0.4) is 0 Å². The van der Waals surface area contributed by atoms with E-state index in [-0.39, 0.29) is 5.56 Å². The maximum Gasteiger partial charge on any atom is 0.490 e. The van der Waals surface area contributed by atoms with Crippen molar-refractivity contribution in [1.82, 2.24) is 9.55 Å². The summed E-state index contributed by atoms with van der Waals surface area (Å²) in [6.07, 6.45) is -6.50. The fraction of sp³-hybridized carbons (Fsp3) is 0.312. The van der Waals surface area contributed by atoms with Gasteiger partial charge in [0.25, 0.3) is 5.56 Å². The maximum absolute atomic E-state index is 12.7. The molecular weight excluding hydrogens is 569 g/mol. The van der Waals surface area contributed by atoms with Crippen LogP contribution in [-0.4, -0.2) is 70.0 Å². The normalized spacial score (nSPS) is 25.4. The van der Waals surface area contributed by atoms with Gasteiger partial charge in [-0.3, -0.25) is 23.7 Å². The van der Waals surface area contributed by atoms with Crippen LogP contribution in [0.4, 0.5) is 0 Å². The van der Waals surface area contributed by atoms with Crippen LogP contribution in [0.1, 0.15) is 22.1 Å². The standard InChI is InChI=1S/C16H19N2O16P3/c19-11(8-4-2-1-3-5-8)9-6-18(16(23)17-14(9)22)15-13(21)12(20)10(32-15)7-31-36(27,28)34-37(29,30)33-35(24,25)26/h1-6,10,12-13,15,20-21H,7H2,(H,27,28)(H,29,30)(H,17,22,23)(H2,24,25,26)/t10-,12-,13-,15-/m1/s1. The third-order valence-corrected chi connectivity index (χ3v) is 8.48. The molecule has 2 heterocycles. The molecule has 1 saturated heterocycles. The predicted octanol–water partition coefficient (Wildman–Crippen LogP) is -1.27. The lowest BCUT2D eigenvalue weighted by atomic mass is 10.1. The number of carbonyl (C=O) groups is 1. The van der Waals surface area contributed by atoms with Crippen molar-refractivity contribution in [1.29, 1.82) is 0 Å². The van der Waals surface area contributed by atoms with Gasteiger partial charge in [-0.15, -0.1) is 0 Å². The number of aromatic amines is 1. The van der Waals surface area contributed by atoms with Crippen molar-refractivity contribution in [3.8, 4) is 0 Å². The van der Waals surface area contributed by atoms with E-state index in [1.54, 1.807) is 6.07 Å². The third-order valence-electron chi connectivity index (χ3n) is 4.68. The number of hydrogen-bond donors (Lipinski definition) is 7. The van der Waals surface area contributed by atoms with Gasteiger partial charge < -0.3 is 34.5 Å². The van der Waals surface area contributed by atoms with Crippen LogP contribution in [0.5, 0.6) is 0 Å². The molecule has 3 rings (SSSR count). The van der Waals surface area contributed by atoms with Gasteiger partial charge in [-0.1, -0.05) is 30.3 Å². The average Bonchev–Trinajstić information content (AvgIpc) is 3.04. The molecule has 37 heavy (non-hydrogen) atoms. The van der Waals surface area contributed by atoms with E-state index in [1.165, 1.54) is 24.3 Å². The van der Waals surface area contributed by atoms with Crippen LogP contribution in [-0.2, 0) is 31.6 Å². The number of H-pyrrole nitrogens is 1. The topological polar surface area (TPSA) is 281 Å². The molecular formula is C16H19N2O16P3. The second-order valence-electron chi connectivity index (χ2n) is 7.34. The van der Waals surface area contributed by atoms with Crippen LogP contribution in [0.25, 0.3) is 0 Å². The van der Waals surface area contributed by atoms with Crippen molar-refractivity contribution in [3.05, 3.63) is 68.5 Å². The molecule has 18 nitrogen and oxygen atoms in total. The van der Waals surface area contributed by atoms with Gasteiger partial charge in [0.15, 0.2) is 12.0 Å². The summed E-state index contributed by atoms with van der Waals surface area (Å²) in [5.74, 6) is -0.784. The number of phosphoric ester groups is 1. The summed E-state index contributed by atoms with van der Waals surface area (Å²) in [6.45, 7) is -1.13. The van der Waals surface area contributed by atoms with Gasteiger partial charge in [-0.2, -0.15) is 8.62 Å². The van der Waals surface area contributed by atoms with Crippen molar-refractivity contribution < 1.29 is 66.2 Å². The van der Waals surface area contributed by atoms with E-state index in [1.807, 2.05) is 4.98 Å². The molecule has 204 valence electrons. The van der Waals surface area contributed by atoms with E-state index in [0.717, 1.165) is 6.20 Å². The zero-order chi connectivity index (χ0) is 27.8. The number of aliphatic hydroxyl groups is 2. The molecule has 0 saturated carbocycles. The molecule has 6 atom stereocenters. The second-order valence-corrected chi connectivity index (χ2v) is 11.8. The molecule has 0 radical (unpaired) electrons. The zero-order valence-electron chi connectivity index (χ0n) is 18.0. The lowest BCUT2D eigenvalue weighted by Crippen LogP contribution is -2.39. The minimum Gasteiger partial charge on any atom is -0.387 e. The summed E-state index contributed by atoms with van der Waals surface area (Å²) in [5, 5.41) is 20.6. The average molecular weight is 588 g/mol. The molecule has 7 N–H and O–H groups in total. The first-order valence-corrected chi connectivity index (χ1v) is 14.3. The number of hydrogen-bond acceptors (Lipinski definition) is 12. The number of ketones is 1. The monoisotopic (exact) mass is 588 g/mol. The predicted molar refractivity (Wildman–Crippen MR) is 117 cm³/mol. The minimum absolute atomic E-state index is 0.0972. The zero-order valence-corrected chi connectivity index (χ0v) is 20.7. The summed E-state index contributed by atoms with van der Waals surface area (Å²) in [5.41, 5.74) is -2.63. The Labute approximate surface area is 205 Å². The molecule has 0 amide bonds. The molecule has 1 aromatic carbocycles. The van der Waals surface area contributed by atoms with E-state index in [9.17, 15) is 43.2 Å². The SMILES string of the molecule is O=C(c1ccccc1)c1cn([C@@H]2O[C@H](COP(=O)(O)OP(=O)(O)OP(=O)(O)O)[C@@H](O)[C@H]2O)c(=O)[nH]c1=O. The largest absolute Gasteiger partial charge is 0.490 e. The Morgan fingerprint density at radius 3 is 2.19 bits per heavy atom. The van der Waals surface area contributed by atoms with Crippen LogP contribution in [0, 0.1) is 0 Å². The number of aromatic nitrogens is 2. The van der Waals surface area contributed by atoms with Gasteiger partial charge in [0.1, 0.15) is 23.9 Å². The lowest BCUT2D eigenvalue weighted by Gasteiger charge is -2.19. The summed E-state index contributed by atoms with van der Waals surface area (Å²) in [4.78, 5) is 74.8. The summed E-state index contributed by atoms with van der Waals surface area (Å²) < 4.78 is 51.2. The number of nitrogens with one attached hydrogen (secondary N) is 1. The highest BCUT2D eigenvalue weighted by atomic mass is 31.3. The van der Waals surface area contributed by atoms with E-state index in [4.69, 9.17) is 19.4 Å². The smallest absolute Gasteiger partial charge is 0.387 e. The summed E-state index contributed by atoms with van der Waals surface area (Å²) in [6, 6.07) is 7.48. The molecule has 0 aliphatic carbocycles. The van der Waals surface area contributed by atoms with Gasteiger partial charge in [-0.25, -0.2) is 18.5 Å². The maximum atomic E-state index is 12.7. The van der Waals surface area contributed by atoms with E-state index < -0.39 is 77.2 Å². The molecule has 2 aromatic rings. The molecule has 1 fully saturated rings. The van der Waals surface area contributed by atoms with E-state index >= 15 is 0 Å². The van der Waals surface area contributed by atoms with Gasteiger partial charge >= 0.3 is 29.2 Å². The Hall–Kier alpha value is -2.14. The number of aliphatic hydroxyl groups excluding tert-OH is 2. The second kappa shape index (κ2) is 10.9. The molecule has 1 aliphatic heterocycles. The van der Waals surface area contributed by atoms with E-state index in [2.05, 4.69) is 13.1 Å². The molecule has 0 spiro atoms. The summed E-state index contributed by atoms with van der Waals surface area (Å²) >= 11 is 0. The number of phosphoric acid groups is 3. The molecule has 21 heteroatoms. The molecule has 1 aromatic heterocycles. The number of benzene rings is 1. The first kappa shape index (κ1) is 29.4. The number of rotatable bonds is 10. The van der Waals surface area contributed by atoms with Crippen LogP contribution < -0.4 is 11.2 Å². The van der Waals surface area contributed by atoms with Gasteiger partial charge in [-0.05, 0) is 0 Å². The third kappa shape index (κ3) is 7.46. The van der Waals surface area contributed by atoms with Crippen molar-refractivity contribution in [3.63, 3.8) is 0 Å². The highest BCUT2D eigenvalue weighted by molar-refractivity contribution is 7.66. The molecule has 0 bridgehead atoms. The van der Waals surface area contributed by atoms with E-state index in [0.29, 0.717) is 4.57 Å². The first-order valence-electron chi connectivity index (χ1n) is 9.75. The van der Waals surface area contributed by atoms with Crippen molar-refractivity contribution >= 4 is 29.3 Å². The van der Waals surface area contributed by atoms with Crippen molar-refractivity contribution in [2.75, 3.05) is 6.61 Å². The Morgan fingerprint density at radius 1 is 0.973 bits per heavy atom. The Morgan fingerprint density at radius 2 is 1.59 bits per heavy atom.